The summed E-state index contributed by atoms with van der Waals surface area (Å²) in [5.74, 6) is 0.536. The van der Waals surface area contributed by atoms with Crippen LogP contribution in [0.3, 0.4) is 0 Å². The number of carbonyl (C=O) groups is 1. The minimum atomic E-state index is 0.157. The number of rotatable bonds is 2. The average Bonchev–Trinajstić information content (AvgIpc) is 2.64. The van der Waals surface area contributed by atoms with Gasteiger partial charge in [0, 0.05) is 25.6 Å². The zero-order valence-electron chi connectivity index (χ0n) is 11.1. The smallest absolute Gasteiger partial charge is 0.226 e. The molecule has 0 radical (unpaired) electrons. The van der Waals surface area contributed by atoms with Gasteiger partial charge in [-0.1, -0.05) is 27.7 Å². The second kappa shape index (κ2) is 3.46. The van der Waals surface area contributed by atoms with Crippen LogP contribution >= 0.6 is 0 Å². The molecule has 1 atom stereocenters. The minimum absolute atomic E-state index is 0.157. The van der Waals surface area contributed by atoms with Crippen molar-refractivity contribution in [2.45, 2.75) is 40.2 Å². The number of hydrogen-bond donors (Lipinski definition) is 1. The zero-order chi connectivity index (χ0) is 12.1. The third-order valence-corrected chi connectivity index (χ3v) is 5.20. The molecular weight excluding hydrogens is 200 g/mol. The molecule has 1 heterocycles. The third kappa shape index (κ3) is 1.48. The first kappa shape index (κ1) is 11.9. The maximum atomic E-state index is 12.4. The Hall–Kier alpha value is -0.570. The lowest BCUT2D eigenvalue weighted by Crippen LogP contribution is -2.40. The van der Waals surface area contributed by atoms with Crippen LogP contribution in [0, 0.1) is 16.7 Å². The van der Waals surface area contributed by atoms with E-state index in [0.717, 1.165) is 19.5 Å². The monoisotopic (exact) mass is 224 g/mol. The van der Waals surface area contributed by atoms with Gasteiger partial charge in [0.15, 0.2) is 0 Å². The molecule has 0 spiro atoms. The van der Waals surface area contributed by atoms with Crippen LogP contribution in [0.25, 0.3) is 0 Å². The van der Waals surface area contributed by atoms with Crippen LogP contribution < -0.4 is 5.32 Å². The van der Waals surface area contributed by atoms with E-state index >= 15 is 0 Å². The van der Waals surface area contributed by atoms with Crippen molar-refractivity contribution in [1.82, 2.24) is 10.2 Å². The molecule has 0 aromatic carbocycles. The predicted octanol–water partition coefficient (Wildman–Crippen LogP) is 1.49. The number of nitrogens with zero attached hydrogens (tertiary/aromatic N) is 1. The molecule has 3 heteroatoms. The van der Waals surface area contributed by atoms with Gasteiger partial charge < -0.3 is 10.2 Å². The highest BCUT2D eigenvalue weighted by molar-refractivity contribution is 5.84. The van der Waals surface area contributed by atoms with Crippen LogP contribution in [-0.2, 0) is 4.79 Å². The Bertz CT molecular complexity index is 289. The van der Waals surface area contributed by atoms with Gasteiger partial charge >= 0.3 is 0 Å². The number of amides is 1. The second-order valence-corrected chi connectivity index (χ2v) is 6.47. The van der Waals surface area contributed by atoms with E-state index in [2.05, 4.69) is 33.0 Å². The van der Waals surface area contributed by atoms with E-state index in [1.165, 1.54) is 0 Å². The van der Waals surface area contributed by atoms with E-state index in [4.69, 9.17) is 0 Å². The fourth-order valence-corrected chi connectivity index (χ4v) is 3.17. The highest BCUT2D eigenvalue weighted by atomic mass is 16.2. The molecule has 16 heavy (non-hydrogen) atoms. The van der Waals surface area contributed by atoms with Gasteiger partial charge in [-0.05, 0) is 23.8 Å². The molecule has 1 amide bonds. The van der Waals surface area contributed by atoms with Crippen LogP contribution in [0.1, 0.15) is 34.1 Å². The Morgan fingerprint density at radius 2 is 1.81 bits per heavy atom. The molecule has 0 aromatic heterocycles. The molecule has 1 saturated carbocycles. The van der Waals surface area contributed by atoms with Crippen molar-refractivity contribution in [1.29, 1.82) is 0 Å². The molecule has 0 aromatic rings. The van der Waals surface area contributed by atoms with Crippen LogP contribution in [0.15, 0.2) is 0 Å². The number of carbonyl (C=O) groups excluding carboxylic acids is 1. The van der Waals surface area contributed by atoms with E-state index in [9.17, 15) is 4.79 Å². The van der Waals surface area contributed by atoms with Crippen LogP contribution in [0.2, 0.25) is 0 Å². The summed E-state index contributed by atoms with van der Waals surface area (Å²) < 4.78 is 0. The predicted molar refractivity (Wildman–Crippen MR) is 65.1 cm³/mol. The lowest BCUT2D eigenvalue weighted by molar-refractivity contribution is -0.134. The van der Waals surface area contributed by atoms with E-state index < -0.39 is 0 Å². The third-order valence-electron chi connectivity index (χ3n) is 5.20. The fourth-order valence-electron chi connectivity index (χ4n) is 3.17. The van der Waals surface area contributed by atoms with Gasteiger partial charge in [-0.3, -0.25) is 4.79 Å². The Kier molecular flexibility index (Phi) is 2.57. The largest absolute Gasteiger partial charge is 0.341 e. The fraction of sp³-hybridized carbons (Fsp3) is 0.923. The first-order valence-corrected chi connectivity index (χ1v) is 6.27. The molecule has 2 aliphatic rings. The summed E-state index contributed by atoms with van der Waals surface area (Å²) in [6.07, 6.45) is 1.09. The first-order chi connectivity index (χ1) is 7.30. The van der Waals surface area contributed by atoms with Crippen molar-refractivity contribution >= 4 is 5.91 Å². The molecule has 0 bridgehead atoms. The number of likely N-dealkylation sites (N-methyl/N-ethyl adjacent to an activating group) is 1. The van der Waals surface area contributed by atoms with Gasteiger partial charge in [-0.25, -0.2) is 0 Å². The first-order valence-electron chi connectivity index (χ1n) is 6.27. The van der Waals surface area contributed by atoms with Crippen LogP contribution in [0.5, 0.6) is 0 Å². The molecule has 1 N–H and O–H groups in total. The maximum Gasteiger partial charge on any atom is 0.226 e. The van der Waals surface area contributed by atoms with Gasteiger partial charge in [-0.2, -0.15) is 0 Å². The van der Waals surface area contributed by atoms with Gasteiger partial charge in [0.2, 0.25) is 5.91 Å². The molecule has 1 aliphatic carbocycles. The highest BCUT2D eigenvalue weighted by Gasteiger charge is 2.68. The summed E-state index contributed by atoms with van der Waals surface area (Å²) in [5, 5.41) is 3.32. The van der Waals surface area contributed by atoms with Crippen LogP contribution in [-0.4, -0.2) is 37.0 Å². The number of hydrogen-bond acceptors (Lipinski definition) is 2. The van der Waals surface area contributed by atoms with Gasteiger partial charge in [0.1, 0.15) is 0 Å². The van der Waals surface area contributed by atoms with E-state index in [-0.39, 0.29) is 16.7 Å². The van der Waals surface area contributed by atoms with Gasteiger partial charge in [0.25, 0.3) is 0 Å². The van der Waals surface area contributed by atoms with Gasteiger partial charge in [0.05, 0.1) is 0 Å². The van der Waals surface area contributed by atoms with Crippen molar-refractivity contribution < 1.29 is 4.79 Å². The zero-order valence-corrected chi connectivity index (χ0v) is 11.1. The van der Waals surface area contributed by atoms with E-state index in [0.29, 0.717) is 11.9 Å². The maximum absolute atomic E-state index is 12.4. The second-order valence-electron chi connectivity index (χ2n) is 6.47. The Balaban J connectivity index is 2.04. The summed E-state index contributed by atoms with van der Waals surface area (Å²) in [6, 6.07) is 0.402. The summed E-state index contributed by atoms with van der Waals surface area (Å²) in [7, 11) is 1.96. The minimum Gasteiger partial charge on any atom is -0.341 e. The quantitative estimate of drug-likeness (QED) is 0.770. The summed E-state index contributed by atoms with van der Waals surface area (Å²) >= 11 is 0. The summed E-state index contributed by atoms with van der Waals surface area (Å²) in [4.78, 5) is 14.4. The molecular formula is C13H24N2O. The molecule has 1 saturated heterocycles. The Labute approximate surface area is 98.6 Å². The molecule has 1 aliphatic heterocycles. The van der Waals surface area contributed by atoms with Crippen molar-refractivity contribution in [2.24, 2.45) is 16.7 Å². The SMILES string of the molecule is CN(C(=O)C1C(C)(C)C1(C)C)C1CCNC1. The van der Waals surface area contributed by atoms with Crippen LogP contribution in [0.4, 0.5) is 0 Å². The van der Waals surface area contributed by atoms with Crippen molar-refractivity contribution in [3.63, 3.8) is 0 Å². The van der Waals surface area contributed by atoms with E-state index in [1.54, 1.807) is 0 Å². The summed E-state index contributed by atoms with van der Waals surface area (Å²) in [6.45, 7) is 10.8. The van der Waals surface area contributed by atoms with Crippen molar-refractivity contribution in [2.75, 3.05) is 20.1 Å². The molecule has 92 valence electrons. The van der Waals surface area contributed by atoms with E-state index in [1.807, 2.05) is 11.9 Å². The van der Waals surface area contributed by atoms with Gasteiger partial charge in [-0.15, -0.1) is 0 Å². The standard InChI is InChI=1S/C13H24N2O/c1-12(2)10(13(12,3)4)11(16)15(5)9-6-7-14-8-9/h9-10,14H,6-8H2,1-5H3. The topological polar surface area (TPSA) is 32.3 Å². The molecule has 1 unspecified atom stereocenters. The summed E-state index contributed by atoms with van der Waals surface area (Å²) in [5.41, 5.74) is 0.314. The molecule has 2 fully saturated rings. The normalized spacial score (nSPS) is 31.4. The van der Waals surface area contributed by atoms with Crippen molar-refractivity contribution in [3.05, 3.63) is 0 Å². The van der Waals surface area contributed by atoms with Crippen molar-refractivity contribution in [3.8, 4) is 0 Å². The lowest BCUT2D eigenvalue weighted by Gasteiger charge is -2.24. The highest BCUT2D eigenvalue weighted by Crippen LogP contribution is 2.68. The molecule has 2 rings (SSSR count). The molecule has 3 nitrogen and oxygen atoms in total. The Morgan fingerprint density at radius 3 is 2.19 bits per heavy atom. The average molecular weight is 224 g/mol. The number of nitrogens with one attached hydrogen (secondary N) is 1. The Morgan fingerprint density at radius 1 is 1.25 bits per heavy atom. The lowest BCUT2D eigenvalue weighted by atomic mass is 10.0.